The van der Waals surface area contributed by atoms with E-state index in [0.717, 1.165) is 6.61 Å². The Bertz CT molecular complexity index is 243. The first kappa shape index (κ1) is 11.4. The molecule has 0 spiro atoms. The van der Waals surface area contributed by atoms with Gasteiger partial charge in [0.2, 0.25) is 0 Å². The van der Waals surface area contributed by atoms with E-state index in [0.29, 0.717) is 0 Å². The molecule has 0 N–H and O–H groups in total. The lowest BCUT2D eigenvalue weighted by Crippen LogP contribution is -2.16. The van der Waals surface area contributed by atoms with Gasteiger partial charge in [0.25, 0.3) is 0 Å². The normalized spacial score (nSPS) is 41.6. The fraction of sp³-hybridized carbons (Fsp3) is 1.00. The minimum Gasteiger partial charge on any atom is -0.370 e. The second-order valence-electron chi connectivity index (χ2n) is 6.14. The van der Waals surface area contributed by atoms with Crippen LogP contribution < -0.4 is 0 Å². The Balaban J connectivity index is 1.53. The predicted octanol–water partition coefficient (Wildman–Crippen LogP) is 3.29. The Morgan fingerprint density at radius 1 is 0.933 bits per heavy atom. The molecule has 2 saturated heterocycles. The van der Waals surface area contributed by atoms with Crippen LogP contribution in [0.1, 0.15) is 59.8 Å². The van der Waals surface area contributed by atoms with Crippen LogP contribution in [0.2, 0.25) is 0 Å². The molecule has 15 heavy (non-hydrogen) atoms. The van der Waals surface area contributed by atoms with Crippen molar-refractivity contribution in [2.75, 3.05) is 6.61 Å². The van der Waals surface area contributed by atoms with Gasteiger partial charge in [-0.3, -0.25) is 0 Å². The zero-order valence-electron chi connectivity index (χ0n) is 10.6. The van der Waals surface area contributed by atoms with Crippen molar-refractivity contribution in [1.82, 2.24) is 0 Å². The molecule has 0 amide bonds. The fourth-order valence-corrected chi connectivity index (χ4v) is 2.30. The summed E-state index contributed by atoms with van der Waals surface area (Å²) in [6.45, 7) is 9.79. The molecule has 2 heterocycles. The van der Waals surface area contributed by atoms with Gasteiger partial charge in [0.15, 0.2) is 0 Å². The molecular weight excluding hydrogens is 188 g/mol. The summed E-state index contributed by atoms with van der Waals surface area (Å²) in [5, 5.41) is 0. The van der Waals surface area contributed by atoms with Crippen LogP contribution in [0.3, 0.4) is 0 Å². The Morgan fingerprint density at radius 3 is 1.93 bits per heavy atom. The maximum atomic E-state index is 5.73. The van der Waals surface area contributed by atoms with Gasteiger partial charge in [-0.15, -0.1) is 0 Å². The summed E-state index contributed by atoms with van der Waals surface area (Å²) in [6.07, 6.45) is 6.34. The van der Waals surface area contributed by atoms with E-state index < -0.39 is 0 Å². The van der Waals surface area contributed by atoms with Crippen molar-refractivity contribution in [2.24, 2.45) is 0 Å². The number of unbranched alkanes of at least 4 members (excludes halogenated alkanes) is 2. The number of rotatable bonds is 6. The Hall–Kier alpha value is -0.0800. The summed E-state index contributed by atoms with van der Waals surface area (Å²) in [5.74, 6) is 0. The van der Waals surface area contributed by atoms with Crippen LogP contribution in [-0.2, 0) is 9.47 Å². The van der Waals surface area contributed by atoms with E-state index in [9.17, 15) is 0 Å². The third-order valence-electron chi connectivity index (χ3n) is 4.21. The molecule has 2 aliphatic rings. The van der Waals surface area contributed by atoms with Crippen molar-refractivity contribution in [1.29, 1.82) is 0 Å². The third-order valence-corrected chi connectivity index (χ3v) is 4.21. The van der Waals surface area contributed by atoms with Gasteiger partial charge in [0, 0.05) is 0 Å². The van der Waals surface area contributed by atoms with E-state index in [4.69, 9.17) is 9.47 Å². The van der Waals surface area contributed by atoms with Crippen molar-refractivity contribution in [3.8, 4) is 0 Å². The van der Waals surface area contributed by atoms with E-state index in [1.165, 1.54) is 32.1 Å². The predicted molar refractivity (Wildman–Crippen MR) is 61.0 cm³/mol. The monoisotopic (exact) mass is 212 g/mol. The van der Waals surface area contributed by atoms with Gasteiger partial charge in [-0.05, 0) is 40.5 Å². The van der Waals surface area contributed by atoms with Gasteiger partial charge in [-0.2, -0.15) is 0 Å². The van der Waals surface area contributed by atoms with Gasteiger partial charge < -0.3 is 9.47 Å². The minimum absolute atomic E-state index is 0.124. The average molecular weight is 212 g/mol. The highest BCUT2D eigenvalue weighted by Crippen LogP contribution is 2.50. The summed E-state index contributed by atoms with van der Waals surface area (Å²) < 4.78 is 11.1. The van der Waals surface area contributed by atoms with E-state index in [-0.39, 0.29) is 16.8 Å². The molecule has 88 valence electrons. The molecular formula is C13H24O2. The first-order valence-corrected chi connectivity index (χ1v) is 6.21. The second kappa shape index (κ2) is 3.46. The maximum Gasteiger partial charge on any atom is 0.0946 e. The SMILES string of the molecule is CC1(CCCCCC2(C)OC2(C)C)CO1. The molecule has 0 aromatic rings. The van der Waals surface area contributed by atoms with Crippen LogP contribution >= 0.6 is 0 Å². The van der Waals surface area contributed by atoms with E-state index in [1.807, 2.05) is 0 Å². The molecule has 2 heteroatoms. The van der Waals surface area contributed by atoms with Crippen LogP contribution in [0.25, 0.3) is 0 Å². The number of ether oxygens (including phenoxy) is 2. The van der Waals surface area contributed by atoms with Crippen LogP contribution in [0.5, 0.6) is 0 Å². The molecule has 0 aromatic carbocycles. The first-order valence-electron chi connectivity index (χ1n) is 6.21. The largest absolute Gasteiger partial charge is 0.370 e. The summed E-state index contributed by atoms with van der Waals surface area (Å²) in [5.41, 5.74) is 0.533. The average Bonchev–Trinajstić information content (AvgIpc) is 2.93. The number of hydrogen-bond donors (Lipinski definition) is 0. The molecule has 0 aliphatic carbocycles. The molecule has 0 radical (unpaired) electrons. The quantitative estimate of drug-likeness (QED) is 0.498. The summed E-state index contributed by atoms with van der Waals surface area (Å²) >= 11 is 0. The van der Waals surface area contributed by atoms with E-state index >= 15 is 0 Å². The third kappa shape index (κ3) is 2.54. The maximum absolute atomic E-state index is 5.73. The topological polar surface area (TPSA) is 25.1 Å². The number of epoxide rings is 2. The van der Waals surface area contributed by atoms with E-state index in [2.05, 4.69) is 27.7 Å². The van der Waals surface area contributed by atoms with Gasteiger partial charge in [-0.1, -0.05) is 19.3 Å². The van der Waals surface area contributed by atoms with E-state index in [1.54, 1.807) is 0 Å². The smallest absolute Gasteiger partial charge is 0.0946 e. The Morgan fingerprint density at radius 2 is 1.47 bits per heavy atom. The highest BCUT2D eigenvalue weighted by atomic mass is 16.6. The molecule has 2 rings (SSSR count). The van der Waals surface area contributed by atoms with Crippen molar-refractivity contribution in [2.45, 2.75) is 76.6 Å². The molecule has 0 bridgehead atoms. The molecule has 2 fully saturated rings. The lowest BCUT2D eigenvalue weighted by atomic mass is 9.91. The fourth-order valence-electron chi connectivity index (χ4n) is 2.30. The molecule has 2 nitrogen and oxygen atoms in total. The Labute approximate surface area is 93.3 Å². The van der Waals surface area contributed by atoms with Crippen LogP contribution in [-0.4, -0.2) is 23.4 Å². The van der Waals surface area contributed by atoms with Gasteiger partial charge in [0.1, 0.15) is 0 Å². The highest BCUT2D eigenvalue weighted by Gasteiger charge is 2.58. The van der Waals surface area contributed by atoms with Crippen molar-refractivity contribution in [3.05, 3.63) is 0 Å². The second-order valence-corrected chi connectivity index (χ2v) is 6.14. The van der Waals surface area contributed by atoms with Crippen molar-refractivity contribution >= 4 is 0 Å². The zero-order chi connectivity index (χ0) is 11.2. The van der Waals surface area contributed by atoms with Gasteiger partial charge in [-0.25, -0.2) is 0 Å². The molecule has 2 atom stereocenters. The van der Waals surface area contributed by atoms with Crippen molar-refractivity contribution in [3.63, 3.8) is 0 Å². The molecule has 2 aliphatic heterocycles. The first-order chi connectivity index (χ1) is 6.87. The van der Waals surface area contributed by atoms with Crippen LogP contribution in [0, 0.1) is 0 Å². The zero-order valence-corrected chi connectivity index (χ0v) is 10.6. The highest BCUT2D eigenvalue weighted by molar-refractivity contribution is 5.07. The molecule has 0 aromatic heterocycles. The molecule has 0 saturated carbocycles. The van der Waals surface area contributed by atoms with Gasteiger partial charge >= 0.3 is 0 Å². The Kier molecular flexibility index (Phi) is 2.63. The van der Waals surface area contributed by atoms with Gasteiger partial charge in [0.05, 0.1) is 23.4 Å². The summed E-state index contributed by atoms with van der Waals surface area (Å²) in [7, 11) is 0. The van der Waals surface area contributed by atoms with Crippen LogP contribution in [0.15, 0.2) is 0 Å². The number of hydrogen-bond acceptors (Lipinski definition) is 2. The molecule has 2 unspecified atom stereocenters. The summed E-state index contributed by atoms with van der Waals surface area (Å²) in [6, 6.07) is 0. The lowest BCUT2D eigenvalue weighted by Gasteiger charge is -2.09. The lowest BCUT2D eigenvalue weighted by molar-refractivity contribution is 0.270. The van der Waals surface area contributed by atoms with Crippen LogP contribution in [0.4, 0.5) is 0 Å². The minimum atomic E-state index is 0.124. The summed E-state index contributed by atoms with van der Waals surface area (Å²) in [4.78, 5) is 0. The standard InChI is InChI=1S/C13H24O2/c1-11(2)13(4,15-11)9-7-5-6-8-12(3)10-14-12/h5-10H2,1-4H3. The van der Waals surface area contributed by atoms with Crippen molar-refractivity contribution < 1.29 is 9.47 Å².